The Kier molecular flexibility index (Phi) is 5.95. The number of hydrazine groups is 1. The number of aryl methyl sites for hydroxylation is 1. The summed E-state index contributed by atoms with van der Waals surface area (Å²) in [4.78, 5) is 24.3. The molecule has 0 aliphatic carbocycles. The highest BCUT2D eigenvalue weighted by Crippen LogP contribution is 2.24. The van der Waals surface area contributed by atoms with Crippen LogP contribution in [0.5, 0.6) is 0 Å². The second kappa shape index (κ2) is 8.57. The lowest BCUT2D eigenvalue weighted by Gasteiger charge is -2.12. The number of carbonyl (C=O) groups is 2. The van der Waals surface area contributed by atoms with Gasteiger partial charge in [-0.3, -0.25) is 20.4 Å². The molecular formula is C19H20N6O2S. The third-order valence-corrected chi connectivity index (χ3v) is 5.02. The molecule has 2 amide bonds. The Balaban J connectivity index is 1.60. The van der Waals surface area contributed by atoms with E-state index in [0.29, 0.717) is 16.5 Å². The molecule has 0 fully saturated rings. The van der Waals surface area contributed by atoms with Crippen molar-refractivity contribution in [3.8, 4) is 11.4 Å². The number of nitrogens with one attached hydrogen (secondary N) is 2. The summed E-state index contributed by atoms with van der Waals surface area (Å²) in [6, 6.07) is 16.3. The minimum atomic E-state index is -0.548. The van der Waals surface area contributed by atoms with Crippen molar-refractivity contribution in [2.24, 2.45) is 0 Å². The molecule has 1 atom stereocenters. The number of hydrogen-bond acceptors (Lipinski definition) is 6. The van der Waals surface area contributed by atoms with Crippen molar-refractivity contribution in [1.82, 2.24) is 25.7 Å². The number of nitrogen functional groups attached to an aromatic ring is 1. The van der Waals surface area contributed by atoms with Crippen LogP contribution in [0, 0.1) is 6.92 Å². The van der Waals surface area contributed by atoms with E-state index in [9.17, 15) is 9.59 Å². The van der Waals surface area contributed by atoms with Crippen molar-refractivity contribution in [3.63, 3.8) is 0 Å². The molecule has 28 heavy (non-hydrogen) atoms. The first-order chi connectivity index (χ1) is 13.5. The summed E-state index contributed by atoms with van der Waals surface area (Å²) < 4.78 is 1.35. The van der Waals surface area contributed by atoms with E-state index in [1.54, 1.807) is 31.2 Å². The largest absolute Gasteiger partial charge is 0.335 e. The molecule has 4 N–H and O–H groups in total. The van der Waals surface area contributed by atoms with Crippen LogP contribution in [0.25, 0.3) is 11.4 Å². The summed E-state index contributed by atoms with van der Waals surface area (Å²) in [6.45, 7) is 3.68. The van der Waals surface area contributed by atoms with E-state index in [1.165, 1.54) is 4.68 Å². The number of amides is 2. The van der Waals surface area contributed by atoms with E-state index in [2.05, 4.69) is 21.0 Å². The van der Waals surface area contributed by atoms with Gasteiger partial charge in [-0.1, -0.05) is 59.8 Å². The number of thioether (sulfide) groups is 1. The summed E-state index contributed by atoms with van der Waals surface area (Å²) in [6.07, 6.45) is 0. The lowest BCUT2D eigenvalue weighted by atomic mass is 10.1. The zero-order valence-corrected chi connectivity index (χ0v) is 16.2. The number of rotatable bonds is 5. The number of carbonyl (C=O) groups excluding carboxylic acids is 2. The van der Waals surface area contributed by atoms with Crippen molar-refractivity contribution in [2.45, 2.75) is 24.3 Å². The van der Waals surface area contributed by atoms with Gasteiger partial charge in [0, 0.05) is 11.1 Å². The molecule has 0 spiro atoms. The number of nitrogens with zero attached hydrogens (tertiary/aromatic N) is 3. The molecule has 1 aromatic heterocycles. The molecule has 0 bridgehead atoms. The molecule has 1 heterocycles. The molecule has 0 unspecified atom stereocenters. The Hall–Kier alpha value is -3.33. The molecule has 0 aliphatic heterocycles. The van der Waals surface area contributed by atoms with Gasteiger partial charge in [0.1, 0.15) is 0 Å². The molecule has 3 aromatic rings. The van der Waals surface area contributed by atoms with Gasteiger partial charge < -0.3 is 5.84 Å². The van der Waals surface area contributed by atoms with Gasteiger partial charge in [-0.25, -0.2) is 4.68 Å². The molecule has 0 saturated carbocycles. The van der Waals surface area contributed by atoms with Gasteiger partial charge in [-0.05, 0) is 26.0 Å². The van der Waals surface area contributed by atoms with E-state index < -0.39 is 11.2 Å². The first kappa shape index (κ1) is 19.4. The monoisotopic (exact) mass is 396 g/mol. The fourth-order valence-electron chi connectivity index (χ4n) is 2.35. The second-order valence-corrected chi connectivity index (χ2v) is 7.42. The second-order valence-electron chi connectivity index (χ2n) is 6.11. The molecule has 9 heteroatoms. The van der Waals surface area contributed by atoms with Crippen LogP contribution in [-0.2, 0) is 4.79 Å². The van der Waals surface area contributed by atoms with Crippen molar-refractivity contribution in [1.29, 1.82) is 0 Å². The number of hydrogen-bond donors (Lipinski definition) is 3. The van der Waals surface area contributed by atoms with Crippen LogP contribution in [0.1, 0.15) is 22.8 Å². The van der Waals surface area contributed by atoms with Crippen LogP contribution in [0.15, 0.2) is 59.8 Å². The van der Waals surface area contributed by atoms with Crippen LogP contribution >= 0.6 is 11.8 Å². The van der Waals surface area contributed by atoms with Gasteiger partial charge in [0.05, 0.1) is 5.25 Å². The van der Waals surface area contributed by atoms with E-state index in [0.717, 1.165) is 22.9 Å². The summed E-state index contributed by atoms with van der Waals surface area (Å²) in [5.74, 6) is 5.82. The average Bonchev–Trinajstić information content (AvgIpc) is 3.07. The Bertz CT molecular complexity index is 972. The summed E-state index contributed by atoms with van der Waals surface area (Å²) in [7, 11) is 0. The summed E-state index contributed by atoms with van der Waals surface area (Å²) in [5.41, 5.74) is 7.21. The van der Waals surface area contributed by atoms with Gasteiger partial charge in [-0.2, -0.15) is 0 Å². The first-order valence-electron chi connectivity index (χ1n) is 8.55. The Labute approximate surface area is 166 Å². The maximum Gasteiger partial charge on any atom is 0.269 e. The quantitative estimate of drug-likeness (QED) is 0.345. The van der Waals surface area contributed by atoms with Crippen LogP contribution in [0.3, 0.4) is 0 Å². The summed E-state index contributed by atoms with van der Waals surface area (Å²) >= 11 is 1.15. The smallest absolute Gasteiger partial charge is 0.269 e. The predicted octanol–water partition coefficient (Wildman–Crippen LogP) is 1.91. The van der Waals surface area contributed by atoms with Gasteiger partial charge in [0.2, 0.25) is 5.16 Å². The zero-order valence-electron chi connectivity index (χ0n) is 15.4. The highest BCUT2D eigenvalue weighted by molar-refractivity contribution is 8.00. The van der Waals surface area contributed by atoms with E-state index in [4.69, 9.17) is 5.84 Å². The fraction of sp³-hybridized carbons (Fsp3) is 0.158. The minimum Gasteiger partial charge on any atom is -0.335 e. The van der Waals surface area contributed by atoms with Gasteiger partial charge in [-0.15, -0.1) is 10.2 Å². The van der Waals surface area contributed by atoms with Crippen molar-refractivity contribution in [2.75, 3.05) is 5.84 Å². The molecule has 0 saturated heterocycles. The van der Waals surface area contributed by atoms with Crippen LogP contribution in [0.4, 0.5) is 0 Å². The SMILES string of the molecule is Cc1ccc(-c2nnc(S[C@H](C)C(=O)NNC(=O)c3ccccc3)n2N)cc1. The average molecular weight is 396 g/mol. The topological polar surface area (TPSA) is 115 Å². The Morgan fingerprint density at radius 2 is 1.71 bits per heavy atom. The van der Waals surface area contributed by atoms with Crippen molar-refractivity contribution in [3.05, 3.63) is 65.7 Å². The highest BCUT2D eigenvalue weighted by atomic mass is 32.2. The van der Waals surface area contributed by atoms with Gasteiger partial charge in [0.25, 0.3) is 11.8 Å². The van der Waals surface area contributed by atoms with Crippen molar-refractivity contribution >= 4 is 23.6 Å². The summed E-state index contributed by atoms with van der Waals surface area (Å²) in [5, 5.41) is 8.02. The van der Waals surface area contributed by atoms with Gasteiger partial charge >= 0.3 is 0 Å². The molecule has 0 aliphatic rings. The molecule has 8 nitrogen and oxygen atoms in total. The molecule has 2 aromatic carbocycles. The number of aromatic nitrogens is 3. The number of benzene rings is 2. The van der Waals surface area contributed by atoms with E-state index in [-0.39, 0.29) is 5.91 Å². The van der Waals surface area contributed by atoms with Crippen molar-refractivity contribution < 1.29 is 9.59 Å². The Morgan fingerprint density at radius 1 is 1.04 bits per heavy atom. The highest BCUT2D eigenvalue weighted by Gasteiger charge is 2.20. The van der Waals surface area contributed by atoms with E-state index in [1.807, 2.05) is 37.3 Å². The lowest BCUT2D eigenvalue weighted by molar-refractivity contribution is -0.121. The van der Waals surface area contributed by atoms with Crippen LogP contribution < -0.4 is 16.7 Å². The van der Waals surface area contributed by atoms with Crippen LogP contribution in [0.2, 0.25) is 0 Å². The fourth-order valence-corrected chi connectivity index (χ4v) is 3.12. The first-order valence-corrected chi connectivity index (χ1v) is 9.43. The maximum absolute atomic E-state index is 12.3. The zero-order chi connectivity index (χ0) is 20.1. The molecule has 144 valence electrons. The third-order valence-electron chi connectivity index (χ3n) is 3.96. The van der Waals surface area contributed by atoms with Gasteiger partial charge in [0.15, 0.2) is 5.82 Å². The van der Waals surface area contributed by atoms with E-state index >= 15 is 0 Å². The molecule has 3 rings (SSSR count). The maximum atomic E-state index is 12.3. The standard InChI is InChI=1S/C19H20N6O2S/c1-12-8-10-14(11-9-12)16-21-24-19(25(16)20)28-13(2)17(26)22-23-18(27)15-6-4-3-5-7-15/h3-11,13H,20H2,1-2H3,(H,22,26)(H,23,27)/t13-/m1/s1. The lowest BCUT2D eigenvalue weighted by Crippen LogP contribution is -2.45. The normalized spacial score (nSPS) is 11.6. The minimum absolute atomic E-state index is 0.380. The molecule has 0 radical (unpaired) electrons. The molecular weight excluding hydrogens is 376 g/mol. The predicted molar refractivity (Wildman–Crippen MR) is 108 cm³/mol. The Morgan fingerprint density at radius 3 is 2.39 bits per heavy atom. The third kappa shape index (κ3) is 4.49. The van der Waals surface area contributed by atoms with Crippen LogP contribution in [-0.4, -0.2) is 31.9 Å². The number of nitrogens with two attached hydrogens (primary N) is 1.